The first-order valence-corrected chi connectivity index (χ1v) is 4.90. The minimum absolute atomic E-state index is 0.0838. The van der Waals surface area contributed by atoms with E-state index in [1.165, 1.54) is 6.07 Å². The first kappa shape index (κ1) is 10.8. The number of carbonyl (C=O) groups excluding carboxylic acids is 1. The van der Waals surface area contributed by atoms with Gasteiger partial charge in [-0.05, 0) is 24.6 Å². The van der Waals surface area contributed by atoms with Crippen molar-refractivity contribution in [2.75, 3.05) is 5.88 Å². The van der Waals surface area contributed by atoms with Gasteiger partial charge in [-0.3, -0.25) is 4.79 Å². The van der Waals surface area contributed by atoms with Crippen LogP contribution in [0.4, 0.5) is 0 Å². The van der Waals surface area contributed by atoms with E-state index < -0.39 is 0 Å². The number of hydrogen-bond acceptors (Lipinski definition) is 1. The molecule has 70 valence electrons. The topological polar surface area (TPSA) is 17.1 Å². The SMILES string of the molecule is Cc1cc(Cl)cc(C(=O)CCl)c1Cl. The van der Waals surface area contributed by atoms with Crippen LogP contribution in [0.1, 0.15) is 15.9 Å². The summed E-state index contributed by atoms with van der Waals surface area (Å²) in [5.41, 5.74) is 1.17. The third-order valence-electron chi connectivity index (χ3n) is 1.64. The summed E-state index contributed by atoms with van der Waals surface area (Å²) in [5, 5.41) is 0.922. The second-order valence-electron chi connectivity index (χ2n) is 2.64. The zero-order chi connectivity index (χ0) is 10.0. The summed E-state index contributed by atoms with van der Waals surface area (Å²) in [4.78, 5) is 11.3. The molecule has 0 fully saturated rings. The molecule has 0 amide bonds. The average Bonchev–Trinajstić information content (AvgIpc) is 2.10. The van der Waals surface area contributed by atoms with E-state index in [0.717, 1.165) is 5.56 Å². The molecule has 0 unspecified atom stereocenters. The van der Waals surface area contributed by atoms with Crippen LogP contribution in [0.15, 0.2) is 12.1 Å². The van der Waals surface area contributed by atoms with Crippen molar-refractivity contribution in [2.24, 2.45) is 0 Å². The molecular formula is C9H7Cl3O. The summed E-state index contributed by atoms with van der Waals surface area (Å²) < 4.78 is 0. The molecule has 1 nitrogen and oxygen atoms in total. The fourth-order valence-electron chi connectivity index (χ4n) is 1.00. The van der Waals surface area contributed by atoms with E-state index in [1.54, 1.807) is 13.0 Å². The van der Waals surface area contributed by atoms with Gasteiger partial charge in [-0.25, -0.2) is 0 Å². The lowest BCUT2D eigenvalue weighted by molar-refractivity contribution is 0.102. The Morgan fingerprint density at radius 1 is 1.38 bits per heavy atom. The van der Waals surface area contributed by atoms with Crippen LogP contribution < -0.4 is 0 Å². The quantitative estimate of drug-likeness (QED) is 0.566. The van der Waals surface area contributed by atoms with Crippen LogP contribution in [0.2, 0.25) is 10.0 Å². The summed E-state index contributed by atoms with van der Waals surface area (Å²) >= 11 is 17.1. The maximum atomic E-state index is 11.3. The van der Waals surface area contributed by atoms with Crippen LogP contribution >= 0.6 is 34.8 Å². The minimum atomic E-state index is -0.211. The largest absolute Gasteiger partial charge is 0.293 e. The van der Waals surface area contributed by atoms with Gasteiger partial charge in [0.25, 0.3) is 0 Å². The molecule has 0 aliphatic rings. The van der Waals surface area contributed by atoms with E-state index in [-0.39, 0.29) is 11.7 Å². The van der Waals surface area contributed by atoms with Crippen molar-refractivity contribution < 1.29 is 4.79 Å². The molecule has 0 heterocycles. The highest BCUT2D eigenvalue weighted by Gasteiger charge is 2.11. The number of carbonyl (C=O) groups is 1. The Morgan fingerprint density at radius 2 is 2.00 bits per heavy atom. The molecule has 0 saturated heterocycles. The Hall–Kier alpha value is -0.240. The number of hydrogen-bond donors (Lipinski definition) is 0. The van der Waals surface area contributed by atoms with Crippen molar-refractivity contribution in [3.05, 3.63) is 33.3 Å². The van der Waals surface area contributed by atoms with E-state index in [2.05, 4.69) is 0 Å². The van der Waals surface area contributed by atoms with Gasteiger partial charge in [0.05, 0.1) is 10.9 Å². The highest BCUT2D eigenvalue weighted by molar-refractivity contribution is 6.39. The zero-order valence-electron chi connectivity index (χ0n) is 6.90. The van der Waals surface area contributed by atoms with Gasteiger partial charge in [0.15, 0.2) is 5.78 Å². The van der Waals surface area contributed by atoms with Crippen molar-refractivity contribution in [1.82, 2.24) is 0 Å². The van der Waals surface area contributed by atoms with E-state index in [4.69, 9.17) is 34.8 Å². The molecule has 13 heavy (non-hydrogen) atoms. The van der Waals surface area contributed by atoms with E-state index in [1.807, 2.05) is 0 Å². The summed E-state index contributed by atoms with van der Waals surface area (Å²) in [7, 11) is 0. The van der Waals surface area contributed by atoms with Gasteiger partial charge in [0, 0.05) is 10.6 Å². The van der Waals surface area contributed by atoms with Gasteiger partial charge < -0.3 is 0 Å². The van der Waals surface area contributed by atoms with Gasteiger partial charge in [-0.2, -0.15) is 0 Å². The molecule has 0 aliphatic heterocycles. The van der Waals surface area contributed by atoms with Crippen molar-refractivity contribution >= 4 is 40.6 Å². The summed E-state index contributed by atoms with van der Waals surface area (Å²) in [6, 6.07) is 3.23. The fraction of sp³-hybridized carbons (Fsp3) is 0.222. The molecule has 1 aromatic rings. The second-order valence-corrected chi connectivity index (χ2v) is 3.72. The van der Waals surface area contributed by atoms with Gasteiger partial charge in [0.1, 0.15) is 0 Å². The molecule has 0 aliphatic carbocycles. The highest BCUT2D eigenvalue weighted by atomic mass is 35.5. The molecular weight excluding hydrogens is 230 g/mol. The maximum absolute atomic E-state index is 11.3. The molecule has 0 saturated carbocycles. The number of Topliss-reactive ketones (excluding diaryl/α,β-unsaturated/α-hetero) is 1. The Labute approximate surface area is 91.6 Å². The minimum Gasteiger partial charge on any atom is -0.293 e. The van der Waals surface area contributed by atoms with E-state index in [9.17, 15) is 4.79 Å². The number of halogens is 3. The van der Waals surface area contributed by atoms with Crippen LogP contribution in [0.25, 0.3) is 0 Å². The van der Waals surface area contributed by atoms with Crippen LogP contribution in [-0.2, 0) is 0 Å². The van der Waals surface area contributed by atoms with Gasteiger partial charge in [0.2, 0.25) is 0 Å². The summed E-state index contributed by atoms with van der Waals surface area (Å²) in [6.07, 6.45) is 0. The molecule has 0 bridgehead atoms. The number of benzene rings is 1. The molecule has 0 N–H and O–H groups in total. The second kappa shape index (κ2) is 4.32. The zero-order valence-corrected chi connectivity index (χ0v) is 9.17. The highest BCUT2D eigenvalue weighted by Crippen LogP contribution is 2.25. The Balaban J connectivity index is 3.28. The smallest absolute Gasteiger partial charge is 0.179 e. The van der Waals surface area contributed by atoms with Crippen LogP contribution in [0.5, 0.6) is 0 Å². The van der Waals surface area contributed by atoms with Crippen LogP contribution in [0, 0.1) is 6.92 Å². The molecule has 4 heteroatoms. The number of ketones is 1. The summed E-state index contributed by atoms with van der Waals surface area (Å²) in [5.74, 6) is -0.295. The molecule has 1 aromatic carbocycles. The number of aryl methyl sites for hydroxylation is 1. The van der Waals surface area contributed by atoms with Gasteiger partial charge in [-0.1, -0.05) is 23.2 Å². The third-order valence-corrected chi connectivity index (χ3v) is 2.60. The lowest BCUT2D eigenvalue weighted by Crippen LogP contribution is -2.02. The van der Waals surface area contributed by atoms with Gasteiger partial charge >= 0.3 is 0 Å². The molecule has 1 rings (SSSR count). The van der Waals surface area contributed by atoms with Crippen molar-refractivity contribution in [1.29, 1.82) is 0 Å². The normalized spacial score (nSPS) is 10.2. The van der Waals surface area contributed by atoms with Crippen LogP contribution in [-0.4, -0.2) is 11.7 Å². The first-order chi connectivity index (χ1) is 6.06. The summed E-state index contributed by atoms with van der Waals surface area (Å²) in [6.45, 7) is 1.79. The number of alkyl halides is 1. The third kappa shape index (κ3) is 2.37. The van der Waals surface area contributed by atoms with E-state index in [0.29, 0.717) is 15.6 Å². The molecule has 0 spiro atoms. The fourth-order valence-corrected chi connectivity index (χ4v) is 1.63. The molecule has 0 aromatic heterocycles. The predicted molar refractivity (Wildman–Crippen MR) is 56.2 cm³/mol. The van der Waals surface area contributed by atoms with Crippen molar-refractivity contribution in [3.63, 3.8) is 0 Å². The maximum Gasteiger partial charge on any atom is 0.179 e. The average molecular weight is 238 g/mol. The van der Waals surface area contributed by atoms with Crippen LogP contribution in [0.3, 0.4) is 0 Å². The lowest BCUT2D eigenvalue weighted by atomic mass is 10.1. The monoisotopic (exact) mass is 236 g/mol. The Kier molecular flexibility index (Phi) is 3.60. The Bertz CT molecular complexity index is 347. The van der Waals surface area contributed by atoms with E-state index >= 15 is 0 Å². The molecule has 0 atom stereocenters. The van der Waals surface area contributed by atoms with Crippen molar-refractivity contribution in [3.8, 4) is 0 Å². The lowest BCUT2D eigenvalue weighted by Gasteiger charge is -2.04. The molecule has 0 radical (unpaired) electrons. The first-order valence-electron chi connectivity index (χ1n) is 3.61. The number of rotatable bonds is 2. The Morgan fingerprint density at radius 3 is 2.54 bits per heavy atom. The predicted octanol–water partition coefficient (Wildman–Crippen LogP) is 3.72. The van der Waals surface area contributed by atoms with Crippen molar-refractivity contribution in [2.45, 2.75) is 6.92 Å². The van der Waals surface area contributed by atoms with Gasteiger partial charge in [-0.15, -0.1) is 11.6 Å². The standard InChI is InChI=1S/C9H7Cl3O/c1-5-2-6(11)3-7(9(5)12)8(13)4-10/h2-3H,4H2,1H3.